The second kappa shape index (κ2) is 8.63. The van der Waals surface area contributed by atoms with Gasteiger partial charge in [0.25, 0.3) is 0 Å². The van der Waals surface area contributed by atoms with Gasteiger partial charge in [-0.15, -0.1) is 0 Å². The highest BCUT2D eigenvalue weighted by Crippen LogP contribution is 2.18. The van der Waals surface area contributed by atoms with Crippen molar-refractivity contribution in [1.29, 1.82) is 0 Å². The van der Waals surface area contributed by atoms with Crippen LogP contribution in [0, 0.1) is 11.8 Å². The van der Waals surface area contributed by atoms with Gasteiger partial charge in [0.2, 0.25) is 0 Å². The smallest absolute Gasteiger partial charge is 0.0495 e. The van der Waals surface area contributed by atoms with Crippen molar-refractivity contribution in [3.05, 3.63) is 0 Å². The van der Waals surface area contributed by atoms with Crippen LogP contribution in [-0.4, -0.2) is 25.5 Å². The third-order valence-corrected chi connectivity index (χ3v) is 2.92. The molecule has 0 radical (unpaired) electrons. The molecule has 15 heavy (non-hydrogen) atoms. The first kappa shape index (κ1) is 14.3. The molecule has 0 aliphatic heterocycles. The van der Waals surface area contributed by atoms with Gasteiger partial charge in [-0.25, -0.2) is 0 Å². The Labute approximate surface area is 94.9 Å². The molecule has 0 saturated carbocycles. The summed E-state index contributed by atoms with van der Waals surface area (Å²) in [6, 6.07) is 0. The number of aliphatic imine (C=N–C) groups is 2. The van der Waals surface area contributed by atoms with Crippen LogP contribution in [0.25, 0.3) is 0 Å². The second-order valence-corrected chi connectivity index (χ2v) is 4.39. The van der Waals surface area contributed by atoms with Crippen molar-refractivity contribution in [2.45, 2.75) is 47.0 Å². The first-order valence-corrected chi connectivity index (χ1v) is 6.07. The molecule has 0 saturated heterocycles. The van der Waals surface area contributed by atoms with Crippen LogP contribution in [-0.2, 0) is 0 Å². The third-order valence-electron chi connectivity index (χ3n) is 2.92. The summed E-state index contributed by atoms with van der Waals surface area (Å²) in [7, 11) is 1.79. The van der Waals surface area contributed by atoms with Gasteiger partial charge in [-0.1, -0.05) is 33.6 Å². The van der Waals surface area contributed by atoms with E-state index in [9.17, 15) is 0 Å². The molecule has 0 amide bonds. The lowest BCUT2D eigenvalue weighted by atomic mass is 9.92. The Morgan fingerprint density at radius 3 is 2.40 bits per heavy atom. The number of rotatable bonds is 7. The molecule has 2 atom stereocenters. The van der Waals surface area contributed by atoms with Crippen molar-refractivity contribution >= 4 is 11.9 Å². The first-order valence-electron chi connectivity index (χ1n) is 6.07. The fourth-order valence-electron chi connectivity index (χ4n) is 1.61. The molecule has 2 nitrogen and oxygen atoms in total. The highest BCUT2D eigenvalue weighted by molar-refractivity contribution is 6.29. The molecule has 0 aromatic rings. The Morgan fingerprint density at radius 2 is 1.93 bits per heavy atom. The van der Waals surface area contributed by atoms with Crippen LogP contribution in [0.15, 0.2) is 9.98 Å². The van der Waals surface area contributed by atoms with E-state index in [1.807, 2.05) is 13.1 Å². The van der Waals surface area contributed by atoms with Gasteiger partial charge in [0, 0.05) is 25.5 Å². The van der Waals surface area contributed by atoms with Gasteiger partial charge in [0.1, 0.15) is 0 Å². The second-order valence-electron chi connectivity index (χ2n) is 4.39. The van der Waals surface area contributed by atoms with Crippen LogP contribution in [0.4, 0.5) is 0 Å². The van der Waals surface area contributed by atoms with Crippen molar-refractivity contribution < 1.29 is 0 Å². The van der Waals surface area contributed by atoms with Crippen molar-refractivity contribution in [1.82, 2.24) is 0 Å². The van der Waals surface area contributed by atoms with Crippen LogP contribution in [0.1, 0.15) is 47.0 Å². The summed E-state index contributed by atoms with van der Waals surface area (Å²) in [4.78, 5) is 8.50. The molecule has 0 bridgehead atoms. The minimum absolute atomic E-state index is 0.736. The molecule has 88 valence electrons. The summed E-state index contributed by atoms with van der Waals surface area (Å²) in [5.74, 6) is 1.56. The van der Waals surface area contributed by atoms with Gasteiger partial charge >= 0.3 is 0 Å². The molecule has 2 unspecified atom stereocenters. The maximum Gasteiger partial charge on any atom is 0.0495 e. The summed E-state index contributed by atoms with van der Waals surface area (Å²) in [5, 5.41) is 0. The predicted molar refractivity (Wildman–Crippen MR) is 70.2 cm³/mol. The zero-order valence-corrected chi connectivity index (χ0v) is 11.0. The van der Waals surface area contributed by atoms with Gasteiger partial charge < -0.3 is 0 Å². The van der Waals surface area contributed by atoms with Crippen molar-refractivity contribution in [2.24, 2.45) is 21.8 Å². The largest absolute Gasteiger partial charge is 0.295 e. The molecule has 0 rings (SSSR count). The number of hydrogen-bond donors (Lipinski definition) is 0. The molecule has 0 fully saturated rings. The summed E-state index contributed by atoms with van der Waals surface area (Å²) >= 11 is 0. The average molecular weight is 210 g/mol. The van der Waals surface area contributed by atoms with Crippen molar-refractivity contribution in [3.63, 3.8) is 0 Å². The predicted octanol–water partition coefficient (Wildman–Crippen LogP) is 3.61. The van der Waals surface area contributed by atoms with E-state index < -0.39 is 0 Å². The molecule has 0 heterocycles. The van der Waals surface area contributed by atoms with Crippen LogP contribution in [0.3, 0.4) is 0 Å². The maximum atomic E-state index is 4.54. The average Bonchev–Trinajstić information content (AvgIpc) is 2.24. The number of hydrogen-bond acceptors (Lipinski definition) is 2. The summed E-state index contributed by atoms with van der Waals surface area (Å²) in [6.07, 6.45) is 5.63. The Balaban J connectivity index is 4.04. The van der Waals surface area contributed by atoms with E-state index in [2.05, 4.69) is 30.8 Å². The molecule has 0 aromatic carbocycles. The topological polar surface area (TPSA) is 24.7 Å². The molecule has 0 aliphatic rings. The van der Waals surface area contributed by atoms with Gasteiger partial charge in [0.05, 0.1) is 0 Å². The van der Waals surface area contributed by atoms with Gasteiger partial charge in [-0.05, 0) is 25.2 Å². The van der Waals surface area contributed by atoms with Crippen LogP contribution in [0.2, 0.25) is 0 Å². The van der Waals surface area contributed by atoms with Gasteiger partial charge in [-0.3, -0.25) is 9.98 Å². The molecule has 0 spiro atoms. The minimum atomic E-state index is 0.736. The first-order chi connectivity index (χ1) is 7.13. The van der Waals surface area contributed by atoms with E-state index in [4.69, 9.17) is 0 Å². The van der Waals surface area contributed by atoms with Crippen molar-refractivity contribution in [2.75, 3.05) is 13.6 Å². The van der Waals surface area contributed by atoms with Gasteiger partial charge in [0.15, 0.2) is 0 Å². The lowest BCUT2D eigenvalue weighted by Gasteiger charge is -2.16. The summed E-state index contributed by atoms with van der Waals surface area (Å²) in [5.41, 5.74) is 1.04. The highest BCUT2D eigenvalue weighted by Gasteiger charge is 2.09. The quantitative estimate of drug-likeness (QED) is 0.573. The van der Waals surface area contributed by atoms with Crippen LogP contribution >= 0.6 is 0 Å². The lowest BCUT2D eigenvalue weighted by Crippen LogP contribution is -2.10. The molecule has 2 heteroatoms. The third kappa shape index (κ3) is 7.29. The van der Waals surface area contributed by atoms with Gasteiger partial charge in [-0.2, -0.15) is 0 Å². The summed E-state index contributed by atoms with van der Waals surface area (Å²) in [6.45, 7) is 9.82. The zero-order valence-electron chi connectivity index (χ0n) is 11.0. The van der Waals surface area contributed by atoms with E-state index in [0.29, 0.717) is 0 Å². The number of nitrogens with zero attached hydrogens (tertiary/aromatic N) is 2. The monoisotopic (exact) mass is 210 g/mol. The lowest BCUT2D eigenvalue weighted by molar-refractivity contribution is 0.381. The van der Waals surface area contributed by atoms with E-state index in [-0.39, 0.29) is 0 Å². The molecular weight excluding hydrogens is 184 g/mol. The summed E-state index contributed by atoms with van der Waals surface area (Å²) < 4.78 is 0. The maximum absolute atomic E-state index is 4.54. The Hall–Kier alpha value is -0.660. The molecule has 0 N–H and O–H groups in total. The zero-order chi connectivity index (χ0) is 11.7. The van der Waals surface area contributed by atoms with E-state index >= 15 is 0 Å². The van der Waals surface area contributed by atoms with Crippen LogP contribution in [0.5, 0.6) is 0 Å². The minimum Gasteiger partial charge on any atom is -0.295 e. The van der Waals surface area contributed by atoms with Crippen LogP contribution < -0.4 is 0 Å². The van der Waals surface area contributed by atoms with E-state index in [1.165, 1.54) is 19.3 Å². The fraction of sp³-hybridized carbons (Fsp3) is 0.846. The van der Waals surface area contributed by atoms with E-state index in [0.717, 1.165) is 24.1 Å². The highest BCUT2D eigenvalue weighted by atomic mass is 14.8. The molecule has 0 aromatic heterocycles. The Bertz CT molecular complexity index is 207. The standard InChI is InChI=1S/C13H26N2/c1-6-11(3)8-13(7-2)10-15-12(4)9-14-5/h9,11,13H,6-8,10H2,1-5H3. The SMILES string of the molecule is CCC(C)CC(CC)CN=C(C)C=NC. The molecular formula is C13H26N2. The Morgan fingerprint density at radius 1 is 1.27 bits per heavy atom. The van der Waals surface area contributed by atoms with E-state index in [1.54, 1.807) is 7.05 Å². The van der Waals surface area contributed by atoms with Crippen molar-refractivity contribution in [3.8, 4) is 0 Å². The Kier molecular flexibility index (Phi) is 8.25. The fourth-order valence-corrected chi connectivity index (χ4v) is 1.61. The molecule has 0 aliphatic carbocycles. The normalized spacial score (nSPS) is 17.0.